The van der Waals surface area contributed by atoms with Crippen LogP contribution < -0.4 is 10.6 Å². The molecule has 0 heterocycles. The lowest BCUT2D eigenvalue weighted by Crippen LogP contribution is -2.31. The minimum atomic E-state index is -0.166. The van der Waals surface area contributed by atoms with E-state index in [0.29, 0.717) is 5.56 Å². The van der Waals surface area contributed by atoms with Crippen LogP contribution in [-0.2, 0) is 11.2 Å². The predicted octanol–water partition coefficient (Wildman–Crippen LogP) is 4.12. The van der Waals surface area contributed by atoms with E-state index in [1.165, 1.54) is 17.3 Å². The van der Waals surface area contributed by atoms with Gasteiger partial charge in [-0.15, -0.1) is 11.8 Å². The molecule has 0 atom stereocenters. The van der Waals surface area contributed by atoms with E-state index in [4.69, 9.17) is 0 Å². The monoisotopic (exact) mass is 356 g/mol. The summed E-state index contributed by atoms with van der Waals surface area (Å²) in [6.45, 7) is 5.93. The van der Waals surface area contributed by atoms with Gasteiger partial charge in [0.25, 0.3) is 5.91 Å². The molecule has 0 saturated heterocycles. The van der Waals surface area contributed by atoms with Crippen LogP contribution in [0.3, 0.4) is 0 Å². The Morgan fingerprint density at radius 2 is 1.84 bits per heavy atom. The zero-order valence-electron chi connectivity index (χ0n) is 14.8. The molecule has 2 aromatic rings. The predicted molar refractivity (Wildman–Crippen MR) is 104 cm³/mol. The first-order chi connectivity index (χ1) is 12.0. The normalized spacial score (nSPS) is 10.6. The molecule has 2 rings (SSSR count). The summed E-state index contributed by atoms with van der Waals surface area (Å²) >= 11 is 1.37. The first-order valence-corrected chi connectivity index (χ1v) is 9.39. The van der Waals surface area contributed by atoms with Crippen LogP contribution in [0.1, 0.15) is 36.7 Å². The fraction of sp³-hybridized carbons (Fsp3) is 0.300. The highest BCUT2D eigenvalue weighted by molar-refractivity contribution is 8.00. The van der Waals surface area contributed by atoms with Gasteiger partial charge < -0.3 is 10.6 Å². The second kappa shape index (κ2) is 9.28. The topological polar surface area (TPSA) is 58.2 Å². The van der Waals surface area contributed by atoms with Crippen molar-refractivity contribution in [3.8, 4) is 0 Å². The summed E-state index contributed by atoms with van der Waals surface area (Å²) in [5, 5.41) is 5.79. The average Bonchev–Trinajstić information content (AvgIpc) is 2.59. The molecule has 0 aliphatic heterocycles. The highest BCUT2D eigenvalue weighted by atomic mass is 32.2. The third kappa shape index (κ3) is 5.94. The van der Waals surface area contributed by atoms with Gasteiger partial charge in [0, 0.05) is 16.6 Å². The minimum absolute atomic E-state index is 0.0362. The van der Waals surface area contributed by atoms with Crippen LogP contribution in [0.4, 0.5) is 5.69 Å². The van der Waals surface area contributed by atoms with Crippen LogP contribution >= 0.6 is 11.8 Å². The summed E-state index contributed by atoms with van der Waals surface area (Å²) in [5.74, 6) is 0.0832. The molecule has 0 aliphatic rings. The number of anilines is 1. The molecular formula is C20H24N2O2S. The van der Waals surface area contributed by atoms with Crippen LogP contribution in [0.25, 0.3) is 0 Å². The van der Waals surface area contributed by atoms with Gasteiger partial charge in [-0.2, -0.15) is 0 Å². The zero-order valence-corrected chi connectivity index (χ0v) is 15.7. The molecule has 4 nitrogen and oxygen atoms in total. The van der Waals surface area contributed by atoms with Crippen molar-refractivity contribution in [2.24, 2.45) is 0 Å². The Morgan fingerprint density at radius 3 is 2.56 bits per heavy atom. The van der Waals surface area contributed by atoms with Crippen molar-refractivity contribution in [3.05, 3.63) is 59.7 Å². The summed E-state index contributed by atoms with van der Waals surface area (Å²) < 4.78 is 0. The van der Waals surface area contributed by atoms with Gasteiger partial charge in [0.05, 0.1) is 11.3 Å². The van der Waals surface area contributed by atoms with Crippen molar-refractivity contribution in [2.45, 2.75) is 38.1 Å². The molecule has 0 aliphatic carbocycles. The number of carbonyl (C=O) groups is 2. The van der Waals surface area contributed by atoms with E-state index in [2.05, 4.69) is 17.6 Å². The van der Waals surface area contributed by atoms with Crippen LogP contribution in [0, 0.1) is 0 Å². The summed E-state index contributed by atoms with van der Waals surface area (Å²) in [6, 6.07) is 15.3. The zero-order chi connectivity index (χ0) is 18.2. The second-order valence-corrected chi connectivity index (χ2v) is 7.03. The number of hydrogen-bond acceptors (Lipinski definition) is 3. The number of benzene rings is 2. The van der Waals surface area contributed by atoms with Crippen molar-refractivity contribution >= 4 is 29.3 Å². The Bertz CT molecular complexity index is 744. The molecule has 0 fully saturated rings. The fourth-order valence-electron chi connectivity index (χ4n) is 2.35. The molecule has 2 N–H and O–H groups in total. The van der Waals surface area contributed by atoms with Crippen LogP contribution in [-0.4, -0.2) is 23.6 Å². The van der Waals surface area contributed by atoms with E-state index in [0.717, 1.165) is 17.0 Å². The molecule has 0 aromatic heterocycles. The summed E-state index contributed by atoms with van der Waals surface area (Å²) in [7, 11) is 0. The number of rotatable bonds is 7. The molecule has 2 amide bonds. The summed E-state index contributed by atoms with van der Waals surface area (Å²) in [4.78, 5) is 25.3. The maximum Gasteiger partial charge on any atom is 0.256 e. The number of nitrogens with one attached hydrogen (secondary N) is 2. The van der Waals surface area contributed by atoms with Crippen LogP contribution in [0.15, 0.2) is 53.4 Å². The Labute approximate surface area is 153 Å². The number of carbonyl (C=O) groups excluding carboxylic acids is 2. The first kappa shape index (κ1) is 19.1. The maximum absolute atomic E-state index is 12.6. The van der Waals surface area contributed by atoms with Crippen molar-refractivity contribution in [3.63, 3.8) is 0 Å². The lowest BCUT2D eigenvalue weighted by molar-refractivity contribution is -0.119. The largest absolute Gasteiger partial charge is 0.353 e. The van der Waals surface area contributed by atoms with Gasteiger partial charge in [-0.25, -0.2) is 0 Å². The van der Waals surface area contributed by atoms with Crippen molar-refractivity contribution in [1.29, 1.82) is 0 Å². The molecule has 2 aromatic carbocycles. The Balaban J connectivity index is 2.08. The van der Waals surface area contributed by atoms with E-state index in [1.54, 1.807) is 6.07 Å². The Hall–Kier alpha value is -2.27. The fourth-order valence-corrected chi connectivity index (χ4v) is 3.22. The molecule has 5 heteroatoms. The highest BCUT2D eigenvalue weighted by Gasteiger charge is 2.13. The smallest absolute Gasteiger partial charge is 0.256 e. The minimum Gasteiger partial charge on any atom is -0.353 e. The van der Waals surface area contributed by atoms with Gasteiger partial charge in [-0.3, -0.25) is 9.59 Å². The van der Waals surface area contributed by atoms with Crippen molar-refractivity contribution in [2.75, 3.05) is 11.1 Å². The maximum atomic E-state index is 12.6. The lowest BCUT2D eigenvalue weighted by atomic mass is 10.1. The van der Waals surface area contributed by atoms with Crippen LogP contribution in [0.5, 0.6) is 0 Å². The van der Waals surface area contributed by atoms with E-state index in [1.807, 2.05) is 56.3 Å². The third-order valence-electron chi connectivity index (χ3n) is 3.53. The Morgan fingerprint density at radius 1 is 1.08 bits per heavy atom. The van der Waals surface area contributed by atoms with Crippen molar-refractivity contribution in [1.82, 2.24) is 5.32 Å². The molecule has 132 valence electrons. The molecule has 0 radical (unpaired) electrons. The van der Waals surface area contributed by atoms with E-state index in [9.17, 15) is 9.59 Å². The number of amides is 2. The molecule has 0 spiro atoms. The summed E-state index contributed by atoms with van der Waals surface area (Å²) in [6.07, 6.45) is 0.918. The molecule has 0 bridgehead atoms. The highest BCUT2D eigenvalue weighted by Crippen LogP contribution is 2.23. The number of aryl methyl sites for hydroxylation is 1. The standard InChI is InChI=1S/C20H24N2O2S/c1-4-15-8-7-9-16(12-15)22-20(24)17-10-5-6-11-18(17)25-13-19(23)21-14(2)3/h5-12,14H,4,13H2,1-3H3,(H,21,23)(H,22,24). The first-order valence-electron chi connectivity index (χ1n) is 8.41. The number of hydrogen-bond donors (Lipinski definition) is 2. The van der Waals surface area contributed by atoms with Crippen LogP contribution in [0.2, 0.25) is 0 Å². The second-order valence-electron chi connectivity index (χ2n) is 6.02. The van der Waals surface area contributed by atoms with E-state index >= 15 is 0 Å². The van der Waals surface area contributed by atoms with Gasteiger partial charge in [0.15, 0.2) is 0 Å². The Kier molecular flexibility index (Phi) is 7.07. The quantitative estimate of drug-likeness (QED) is 0.734. The molecule has 0 unspecified atom stereocenters. The number of thioether (sulfide) groups is 1. The van der Waals surface area contributed by atoms with Gasteiger partial charge >= 0.3 is 0 Å². The molecule has 0 saturated carbocycles. The average molecular weight is 356 g/mol. The molecular weight excluding hydrogens is 332 g/mol. The van der Waals surface area contributed by atoms with Gasteiger partial charge in [-0.1, -0.05) is 31.2 Å². The molecule has 25 heavy (non-hydrogen) atoms. The van der Waals surface area contributed by atoms with E-state index in [-0.39, 0.29) is 23.6 Å². The van der Waals surface area contributed by atoms with Gasteiger partial charge in [0.2, 0.25) is 5.91 Å². The van der Waals surface area contributed by atoms with Gasteiger partial charge in [-0.05, 0) is 50.1 Å². The van der Waals surface area contributed by atoms with Crippen molar-refractivity contribution < 1.29 is 9.59 Å². The SMILES string of the molecule is CCc1cccc(NC(=O)c2ccccc2SCC(=O)NC(C)C)c1. The van der Waals surface area contributed by atoms with E-state index < -0.39 is 0 Å². The summed E-state index contributed by atoms with van der Waals surface area (Å²) in [5.41, 5.74) is 2.53. The lowest BCUT2D eigenvalue weighted by Gasteiger charge is -2.11. The third-order valence-corrected chi connectivity index (χ3v) is 4.61. The van der Waals surface area contributed by atoms with Gasteiger partial charge in [0.1, 0.15) is 0 Å².